The van der Waals surface area contributed by atoms with Gasteiger partial charge in [-0.25, -0.2) is 4.79 Å². The van der Waals surface area contributed by atoms with Crippen molar-refractivity contribution in [1.82, 2.24) is 9.88 Å². The fourth-order valence-corrected chi connectivity index (χ4v) is 8.39. The summed E-state index contributed by atoms with van der Waals surface area (Å²) in [5.74, 6) is -0.493. The van der Waals surface area contributed by atoms with Gasteiger partial charge in [-0.05, 0) is 80.3 Å². The summed E-state index contributed by atoms with van der Waals surface area (Å²) in [6.45, 7) is 2.29. The largest absolute Gasteiger partial charge is 0.497 e. The van der Waals surface area contributed by atoms with Crippen molar-refractivity contribution in [3.63, 3.8) is 0 Å². The average molecular weight is 755 g/mol. The van der Waals surface area contributed by atoms with E-state index in [1.165, 1.54) is 45.1 Å². The van der Waals surface area contributed by atoms with E-state index in [1.54, 1.807) is 26.4 Å². The number of nitrogens with one attached hydrogen (secondary N) is 1. The molecule has 15 heteroatoms. The molecule has 15 nitrogen and oxygen atoms in total. The number of nitrogens with two attached hydrogens (primary N) is 2. The summed E-state index contributed by atoms with van der Waals surface area (Å²) < 4.78 is 39.1. The van der Waals surface area contributed by atoms with Gasteiger partial charge in [-0.1, -0.05) is 6.42 Å². The van der Waals surface area contributed by atoms with Gasteiger partial charge in [0.05, 0.1) is 53.1 Å². The standard InChI is InChI=1S/C33H40N2O9.C6H14N2O2/c1-38-19-7-8-20-21-9-10-35-16-18-13-27(44-32(36)17-11-25(39-2)30(41-4)26(12-17)40-3)31(42-5)28(33(37)43-6)22(18)15-24(35)29(21)34-23(20)14-19;7-4-2-1-3-5(8)6(9)10/h7-8,11-12,14,18,22,24,27-28,31,34H,9-10,13,15-16H2,1-6H3;5H,1-4,7-8H2,(H,9,10)/t18-,22+,24-,27-,28+,31+;/m1./s1. The number of carboxylic acids is 1. The molecule has 2 aromatic carbocycles. The minimum Gasteiger partial charge on any atom is -0.497 e. The lowest BCUT2D eigenvalue weighted by Crippen LogP contribution is -2.58. The summed E-state index contributed by atoms with van der Waals surface area (Å²) in [6.07, 6.45) is 3.08. The second kappa shape index (κ2) is 18.2. The molecule has 296 valence electrons. The van der Waals surface area contributed by atoms with Crippen LogP contribution in [0.5, 0.6) is 23.0 Å². The Balaban J connectivity index is 0.000000493. The second-order valence-corrected chi connectivity index (χ2v) is 13.9. The van der Waals surface area contributed by atoms with Crippen LogP contribution in [0, 0.1) is 17.8 Å². The van der Waals surface area contributed by atoms with Crippen molar-refractivity contribution >= 4 is 28.8 Å². The summed E-state index contributed by atoms with van der Waals surface area (Å²) in [5.41, 5.74) is 14.2. The Morgan fingerprint density at radius 1 is 0.963 bits per heavy atom. The maximum atomic E-state index is 13.5. The Hall–Kier alpha value is -4.57. The lowest BCUT2D eigenvalue weighted by molar-refractivity contribution is -0.176. The van der Waals surface area contributed by atoms with Crippen LogP contribution in [0.15, 0.2) is 30.3 Å². The van der Waals surface area contributed by atoms with Crippen molar-refractivity contribution in [3.05, 3.63) is 47.2 Å². The summed E-state index contributed by atoms with van der Waals surface area (Å²) in [7, 11) is 9.10. The molecule has 54 heavy (non-hydrogen) atoms. The van der Waals surface area contributed by atoms with Gasteiger partial charge in [0, 0.05) is 42.9 Å². The number of nitrogens with zero attached hydrogens (tertiary/aromatic N) is 1. The number of aromatic amines is 1. The average Bonchev–Trinajstić information content (AvgIpc) is 3.57. The van der Waals surface area contributed by atoms with Crippen LogP contribution < -0.4 is 30.4 Å². The topological polar surface area (TPSA) is 207 Å². The van der Waals surface area contributed by atoms with Crippen molar-refractivity contribution in [3.8, 4) is 23.0 Å². The zero-order valence-corrected chi connectivity index (χ0v) is 31.9. The zero-order chi connectivity index (χ0) is 39.1. The Kier molecular flexibility index (Phi) is 13.7. The van der Waals surface area contributed by atoms with E-state index >= 15 is 0 Å². The van der Waals surface area contributed by atoms with Gasteiger partial charge in [0.15, 0.2) is 11.5 Å². The molecule has 3 aromatic rings. The summed E-state index contributed by atoms with van der Waals surface area (Å²) in [6, 6.07) is 8.68. The highest BCUT2D eigenvalue weighted by Crippen LogP contribution is 2.51. The molecule has 6 N–H and O–H groups in total. The Labute approximate surface area is 315 Å². The number of carbonyl (C=O) groups excluding carboxylic acids is 2. The fraction of sp³-hybridized carbons (Fsp3) is 0.564. The minimum absolute atomic E-state index is 0.0170. The molecule has 1 aromatic heterocycles. The van der Waals surface area contributed by atoms with Crippen LogP contribution >= 0.6 is 0 Å². The van der Waals surface area contributed by atoms with E-state index in [2.05, 4.69) is 16.0 Å². The fourth-order valence-electron chi connectivity index (χ4n) is 8.39. The number of piperidine rings is 1. The highest BCUT2D eigenvalue weighted by atomic mass is 16.6. The number of benzene rings is 2. The van der Waals surface area contributed by atoms with E-state index in [1.807, 2.05) is 12.1 Å². The van der Waals surface area contributed by atoms with Gasteiger partial charge in [-0.2, -0.15) is 0 Å². The van der Waals surface area contributed by atoms with Crippen molar-refractivity contribution in [2.24, 2.45) is 29.2 Å². The molecule has 7 atom stereocenters. The highest BCUT2D eigenvalue weighted by molar-refractivity contribution is 5.91. The molecule has 0 amide bonds. The van der Waals surface area contributed by atoms with Crippen molar-refractivity contribution in [2.45, 2.75) is 62.8 Å². The molecule has 1 saturated heterocycles. The first-order valence-corrected chi connectivity index (χ1v) is 18.3. The van der Waals surface area contributed by atoms with E-state index in [0.29, 0.717) is 36.6 Å². The molecule has 1 unspecified atom stereocenters. The van der Waals surface area contributed by atoms with Gasteiger partial charge >= 0.3 is 17.9 Å². The third-order valence-electron chi connectivity index (χ3n) is 11.0. The molecule has 0 spiro atoms. The SMILES string of the molecule is COC(=O)[C@H]1[C@H]2C[C@@H]3c4[nH]c5cc(OC)ccc5c4CCN3C[C@H]2C[C@@H](OC(=O)c2cc(OC)c(OC)c(OC)c2)[C@@H]1OC.NCCCCC(N)C(=O)O. The number of hydrogen-bond acceptors (Lipinski definition) is 13. The number of unbranched alkanes of at least 4 members (excludes halogenated alkanes) is 1. The first-order chi connectivity index (χ1) is 26.0. The van der Waals surface area contributed by atoms with Gasteiger partial charge in [-0.3, -0.25) is 14.5 Å². The predicted octanol–water partition coefficient (Wildman–Crippen LogP) is 3.70. The summed E-state index contributed by atoms with van der Waals surface area (Å²) in [4.78, 5) is 43.3. The van der Waals surface area contributed by atoms with Gasteiger partial charge in [0.2, 0.25) is 5.75 Å². The smallest absolute Gasteiger partial charge is 0.338 e. The highest BCUT2D eigenvalue weighted by Gasteiger charge is 2.54. The molecule has 3 heterocycles. The Bertz CT molecular complexity index is 1760. The lowest BCUT2D eigenvalue weighted by atomic mass is 9.63. The molecule has 2 aliphatic heterocycles. The number of carboxylic acid groups (broad SMARTS) is 1. The number of esters is 2. The quantitative estimate of drug-likeness (QED) is 0.145. The third-order valence-corrected chi connectivity index (χ3v) is 11.0. The van der Waals surface area contributed by atoms with Gasteiger partial charge < -0.3 is 54.7 Å². The number of aliphatic carboxylic acids is 1. The van der Waals surface area contributed by atoms with Crippen LogP contribution in [0.1, 0.15) is 59.8 Å². The molecular weight excluding hydrogens is 700 g/mol. The van der Waals surface area contributed by atoms with Crippen LogP contribution in [0.3, 0.4) is 0 Å². The number of fused-ring (bicyclic) bond motifs is 6. The molecule has 0 bridgehead atoms. The van der Waals surface area contributed by atoms with Crippen LogP contribution in [-0.4, -0.2) is 113 Å². The van der Waals surface area contributed by atoms with E-state index in [4.69, 9.17) is 49.7 Å². The first-order valence-electron chi connectivity index (χ1n) is 18.3. The molecule has 6 rings (SSSR count). The molecule has 0 radical (unpaired) electrons. The van der Waals surface area contributed by atoms with E-state index in [0.717, 1.165) is 50.0 Å². The normalized spacial score (nSPS) is 23.7. The van der Waals surface area contributed by atoms with E-state index < -0.39 is 36.1 Å². The number of aromatic nitrogens is 1. The minimum atomic E-state index is -0.933. The molecule has 1 saturated carbocycles. The van der Waals surface area contributed by atoms with Gasteiger partial charge in [-0.15, -0.1) is 0 Å². The van der Waals surface area contributed by atoms with Crippen LogP contribution in [0.4, 0.5) is 0 Å². The Morgan fingerprint density at radius 2 is 1.69 bits per heavy atom. The lowest BCUT2D eigenvalue weighted by Gasteiger charge is -2.52. The third kappa shape index (κ3) is 8.38. The summed E-state index contributed by atoms with van der Waals surface area (Å²) in [5, 5.41) is 9.54. The molecule has 1 aliphatic carbocycles. The number of rotatable bonds is 13. The number of ether oxygens (including phenoxy) is 7. The van der Waals surface area contributed by atoms with Crippen molar-refractivity contribution in [2.75, 3.05) is 62.3 Å². The van der Waals surface area contributed by atoms with Crippen LogP contribution in [0.25, 0.3) is 10.9 Å². The number of methoxy groups -OCH3 is 6. The van der Waals surface area contributed by atoms with Crippen molar-refractivity contribution in [1.29, 1.82) is 0 Å². The molecular formula is C39H54N4O11. The first kappa shape index (κ1) is 40.6. The van der Waals surface area contributed by atoms with Crippen molar-refractivity contribution < 1.29 is 52.6 Å². The molecule has 2 fully saturated rings. The zero-order valence-electron chi connectivity index (χ0n) is 31.9. The van der Waals surface area contributed by atoms with Crippen LogP contribution in [-0.2, 0) is 30.2 Å². The van der Waals surface area contributed by atoms with E-state index in [9.17, 15) is 14.4 Å². The summed E-state index contributed by atoms with van der Waals surface area (Å²) >= 11 is 0. The second-order valence-electron chi connectivity index (χ2n) is 13.9. The van der Waals surface area contributed by atoms with Gasteiger partial charge in [0.1, 0.15) is 24.0 Å². The maximum Gasteiger partial charge on any atom is 0.338 e. The van der Waals surface area contributed by atoms with Gasteiger partial charge in [0.25, 0.3) is 0 Å². The van der Waals surface area contributed by atoms with Crippen LogP contribution in [0.2, 0.25) is 0 Å². The number of carbonyl (C=O) groups is 3. The molecule has 3 aliphatic rings. The van der Waals surface area contributed by atoms with E-state index in [-0.39, 0.29) is 29.4 Å². The predicted molar refractivity (Wildman–Crippen MR) is 199 cm³/mol. The monoisotopic (exact) mass is 754 g/mol. The number of H-pyrrole nitrogens is 1. The Morgan fingerprint density at radius 3 is 2.28 bits per heavy atom. The maximum absolute atomic E-state index is 13.5. The number of hydrogen-bond donors (Lipinski definition) is 4.